The molecule has 188 valence electrons. The Kier molecular flexibility index (Phi) is 15.6. The van der Waals surface area contributed by atoms with E-state index in [1.165, 1.54) is 6.92 Å². The Morgan fingerprint density at radius 3 is 1.76 bits per heavy atom. The quantitative estimate of drug-likeness (QED) is 0.0801. The van der Waals surface area contributed by atoms with Crippen LogP contribution in [0.25, 0.3) is 0 Å². The van der Waals surface area contributed by atoms with Crippen LogP contribution in [-0.4, -0.2) is 102 Å². The molecule has 0 saturated carbocycles. The van der Waals surface area contributed by atoms with Gasteiger partial charge in [0.2, 0.25) is 6.29 Å². The predicted octanol–water partition coefficient (Wildman–Crippen LogP) is -1.24. The number of carbonyl (C=O) groups excluding carboxylic acids is 3. The Morgan fingerprint density at radius 2 is 1.27 bits per heavy atom. The smallest absolute Gasteiger partial charge is 0.332 e. The van der Waals surface area contributed by atoms with Crippen LogP contribution in [0.2, 0.25) is 0 Å². The summed E-state index contributed by atoms with van der Waals surface area (Å²) in [6.45, 7) is 9.26. The number of ether oxygens (including phenoxy) is 5. The summed E-state index contributed by atoms with van der Waals surface area (Å²) in [4.78, 5) is 33.6. The molecule has 0 aromatic carbocycles. The van der Waals surface area contributed by atoms with E-state index in [-0.39, 0.29) is 6.42 Å². The van der Waals surface area contributed by atoms with E-state index in [1.54, 1.807) is 0 Å². The van der Waals surface area contributed by atoms with Gasteiger partial charge in [0.25, 0.3) is 0 Å². The number of carbonyl (C=O) groups is 3. The lowest BCUT2D eigenvalue weighted by atomic mass is 10.1. The molecule has 0 aromatic heterocycles. The lowest BCUT2D eigenvalue weighted by Gasteiger charge is -2.28. The monoisotopic (exact) mass is 476 g/mol. The Balaban J connectivity index is 5.07. The number of aliphatic hydroxyl groups is 4. The molecule has 12 nitrogen and oxygen atoms in total. The van der Waals surface area contributed by atoms with E-state index in [0.717, 1.165) is 18.2 Å². The summed E-state index contributed by atoms with van der Waals surface area (Å²) in [7, 11) is 0. The van der Waals surface area contributed by atoms with Gasteiger partial charge < -0.3 is 44.1 Å². The van der Waals surface area contributed by atoms with Crippen LogP contribution in [0.15, 0.2) is 38.0 Å². The SMILES string of the molecule is C=CC(=O)OCC(O)COC(COC(OC(=O)C=C)C(C)O)C(O)CC(O)COC(=O)C=C. The van der Waals surface area contributed by atoms with E-state index in [4.69, 9.17) is 18.9 Å². The first-order chi connectivity index (χ1) is 15.5. The van der Waals surface area contributed by atoms with Crippen molar-refractivity contribution < 1.29 is 58.5 Å². The van der Waals surface area contributed by atoms with Crippen molar-refractivity contribution in [2.75, 3.05) is 26.4 Å². The molecule has 0 aliphatic heterocycles. The highest BCUT2D eigenvalue weighted by atomic mass is 16.7. The number of hydrogen-bond acceptors (Lipinski definition) is 12. The molecule has 0 heterocycles. The molecule has 0 saturated heterocycles. The van der Waals surface area contributed by atoms with E-state index in [0.29, 0.717) is 0 Å². The fourth-order valence-corrected chi connectivity index (χ4v) is 2.15. The summed E-state index contributed by atoms with van der Waals surface area (Å²) in [5, 5.41) is 40.1. The molecule has 33 heavy (non-hydrogen) atoms. The minimum absolute atomic E-state index is 0.328. The zero-order valence-electron chi connectivity index (χ0n) is 18.4. The molecule has 0 radical (unpaired) electrons. The topological polar surface area (TPSA) is 178 Å². The van der Waals surface area contributed by atoms with E-state index < -0.39 is 81.1 Å². The Hall–Kier alpha value is -2.61. The van der Waals surface area contributed by atoms with Crippen LogP contribution in [0.1, 0.15) is 13.3 Å². The van der Waals surface area contributed by atoms with Crippen LogP contribution >= 0.6 is 0 Å². The molecule has 0 aliphatic rings. The molecular weight excluding hydrogens is 444 g/mol. The van der Waals surface area contributed by atoms with Gasteiger partial charge in [-0.15, -0.1) is 0 Å². The first-order valence-electron chi connectivity index (χ1n) is 9.90. The van der Waals surface area contributed by atoms with Gasteiger partial charge >= 0.3 is 17.9 Å². The van der Waals surface area contributed by atoms with Gasteiger partial charge in [0.05, 0.1) is 25.4 Å². The lowest BCUT2D eigenvalue weighted by Crippen LogP contribution is -2.42. The molecule has 0 aromatic rings. The minimum atomic E-state index is -1.43. The van der Waals surface area contributed by atoms with Crippen LogP contribution in [0.3, 0.4) is 0 Å². The van der Waals surface area contributed by atoms with Gasteiger partial charge in [0.1, 0.15) is 31.5 Å². The molecule has 4 N–H and O–H groups in total. The average molecular weight is 476 g/mol. The highest BCUT2D eigenvalue weighted by Crippen LogP contribution is 2.12. The van der Waals surface area contributed by atoms with Crippen LogP contribution in [0.5, 0.6) is 0 Å². The Morgan fingerprint density at radius 1 is 0.758 bits per heavy atom. The molecule has 0 rings (SSSR count). The standard InChI is InChI=1S/C21H32O12/c1-5-18(26)30-9-14(23)8-16(25)17(29-10-15(24)11-31-19(27)6-2)12-32-21(13(4)22)33-20(28)7-3/h5-7,13-17,21-25H,1-3,8-12H2,4H3. The van der Waals surface area contributed by atoms with E-state index in [2.05, 4.69) is 24.5 Å². The Bertz CT molecular complexity index is 647. The Labute approximate surface area is 191 Å². The molecule has 0 aliphatic carbocycles. The van der Waals surface area contributed by atoms with Crippen molar-refractivity contribution in [3.63, 3.8) is 0 Å². The van der Waals surface area contributed by atoms with E-state index >= 15 is 0 Å². The fourth-order valence-electron chi connectivity index (χ4n) is 2.15. The first kappa shape index (κ1) is 30.4. The van der Waals surface area contributed by atoms with Crippen LogP contribution in [0.4, 0.5) is 0 Å². The molecule has 0 spiro atoms. The van der Waals surface area contributed by atoms with Gasteiger partial charge in [-0.25, -0.2) is 14.4 Å². The van der Waals surface area contributed by atoms with Crippen molar-refractivity contribution in [3.8, 4) is 0 Å². The van der Waals surface area contributed by atoms with Crippen LogP contribution in [0, 0.1) is 0 Å². The average Bonchev–Trinajstić information content (AvgIpc) is 2.79. The van der Waals surface area contributed by atoms with Crippen LogP contribution in [-0.2, 0) is 38.1 Å². The van der Waals surface area contributed by atoms with Crippen molar-refractivity contribution in [1.29, 1.82) is 0 Å². The van der Waals surface area contributed by atoms with Gasteiger partial charge in [-0.05, 0) is 6.92 Å². The second-order valence-electron chi connectivity index (χ2n) is 6.73. The third kappa shape index (κ3) is 14.2. The van der Waals surface area contributed by atoms with Crippen LogP contribution < -0.4 is 0 Å². The van der Waals surface area contributed by atoms with Gasteiger partial charge in [-0.3, -0.25) is 0 Å². The number of esters is 3. The number of aliphatic hydroxyl groups excluding tert-OH is 4. The summed E-state index contributed by atoms with van der Waals surface area (Å²) in [5.41, 5.74) is 0. The third-order valence-electron chi connectivity index (χ3n) is 3.83. The fraction of sp³-hybridized carbons (Fsp3) is 0.571. The molecule has 6 atom stereocenters. The molecular formula is C21H32O12. The highest BCUT2D eigenvalue weighted by Gasteiger charge is 2.28. The summed E-state index contributed by atoms with van der Waals surface area (Å²) in [5.74, 6) is -2.38. The summed E-state index contributed by atoms with van der Waals surface area (Å²) < 4.78 is 25.0. The van der Waals surface area contributed by atoms with E-state index in [1.807, 2.05) is 0 Å². The highest BCUT2D eigenvalue weighted by molar-refractivity contribution is 5.81. The maximum absolute atomic E-state index is 11.4. The number of hydrogen-bond donors (Lipinski definition) is 4. The summed E-state index contributed by atoms with van der Waals surface area (Å²) in [6, 6.07) is 0. The van der Waals surface area contributed by atoms with E-state index in [9.17, 15) is 34.8 Å². The van der Waals surface area contributed by atoms with Crippen molar-refractivity contribution in [2.24, 2.45) is 0 Å². The van der Waals surface area contributed by atoms with Crippen molar-refractivity contribution in [1.82, 2.24) is 0 Å². The maximum Gasteiger partial charge on any atom is 0.332 e. The summed E-state index contributed by atoms with van der Waals surface area (Å²) >= 11 is 0. The largest absolute Gasteiger partial charge is 0.460 e. The molecule has 0 amide bonds. The maximum atomic E-state index is 11.4. The minimum Gasteiger partial charge on any atom is -0.460 e. The van der Waals surface area contributed by atoms with Gasteiger partial charge in [0.15, 0.2) is 0 Å². The normalized spacial score (nSPS) is 16.3. The zero-order valence-corrected chi connectivity index (χ0v) is 18.4. The predicted molar refractivity (Wildman–Crippen MR) is 112 cm³/mol. The number of rotatable bonds is 18. The molecule has 0 bridgehead atoms. The van der Waals surface area contributed by atoms with Crippen molar-refractivity contribution in [2.45, 2.75) is 50.2 Å². The molecule has 6 unspecified atom stereocenters. The zero-order chi connectivity index (χ0) is 25.4. The lowest BCUT2D eigenvalue weighted by molar-refractivity contribution is -0.212. The summed E-state index contributed by atoms with van der Waals surface area (Å²) in [6.07, 6.45) is -5.48. The molecule has 12 heteroatoms. The second-order valence-corrected chi connectivity index (χ2v) is 6.73. The third-order valence-corrected chi connectivity index (χ3v) is 3.83. The second kappa shape index (κ2) is 16.9. The van der Waals surface area contributed by atoms with Gasteiger partial charge in [-0.1, -0.05) is 19.7 Å². The van der Waals surface area contributed by atoms with Gasteiger partial charge in [-0.2, -0.15) is 0 Å². The molecule has 0 fully saturated rings. The van der Waals surface area contributed by atoms with Crippen molar-refractivity contribution in [3.05, 3.63) is 38.0 Å². The first-order valence-corrected chi connectivity index (χ1v) is 9.90. The van der Waals surface area contributed by atoms with Crippen molar-refractivity contribution >= 4 is 17.9 Å². The van der Waals surface area contributed by atoms with Gasteiger partial charge in [0, 0.05) is 24.6 Å².